The molecule has 0 radical (unpaired) electrons. The molecule has 3 aromatic rings. The summed E-state index contributed by atoms with van der Waals surface area (Å²) in [6.07, 6.45) is -0.282. The second-order valence-corrected chi connectivity index (χ2v) is 8.95. The molecule has 0 unspecified atom stereocenters. The number of likely N-dealkylation sites (tertiary alicyclic amines) is 1. The van der Waals surface area contributed by atoms with Crippen molar-refractivity contribution >= 4 is 17.6 Å². The Hall–Kier alpha value is -4.27. The van der Waals surface area contributed by atoms with E-state index in [0.29, 0.717) is 42.6 Å². The Kier molecular flexibility index (Phi) is 6.98. The fraction of sp³-hybridized carbons (Fsp3) is 0.360. The summed E-state index contributed by atoms with van der Waals surface area (Å²) < 4.78 is 42.6. The third-order valence-electron chi connectivity index (χ3n) is 6.24. The predicted molar refractivity (Wildman–Crippen MR) is 130 cm³/mol. The number of primary amides is 1. The lowest BCUT2D eigenvalue weighted by Gasteiger charge is -2.31. The van der Waals surface area contributed by atoms with E-state index in [1.807, 2.05) is 0 Å². The third-order valence-corrected chi connectivity index (χ3v) is 6.24. The van der Waals surface area contributed by atoms with Gasteiger partial charge < -0.3 is 16.4 Å². The Labute approximate surface area is 211 Å². The summed E-state index contributed by atoms with van der Waals surface area (Å²) in [5.74, 6) is 4.24. The van der Waals surface area contributed by atoms with Crippen molar-refractivity contribution in [2.45, 2.75) is 45.5 Å². The number of aromatic nitrogens is 4. The summed E-state index contributed by atoms with van der Waals surface area (Å²) in [6, 6.07) is 3.67. The van der Waals surface area contributed by atoms with E-state index in [1.165, 1.54) is 10.9 Å². The normalized spacial score (nSPS) is 14.4. The first-order valence-corrected chi connectivity index (χ1v) is 11.6. The van der Waals surface area contributed by atoms with Crippen LogP contribution in [0, 0.1) is 18.8 Å². The number of benzene rings is 1. The molecule has 37 heavy (non-hydrogen) atoms. The summed E-state index contributed by atoms with van der Waals surface area (Å²) in [7, 11) is 0. The van der Waals surface area contributed by atoms with Gasteiger partial charge in [0.05, 0.1) is 24.3 Å². The van der Waals surface area contributed by atoms with Crippen LogP contribution >= 0.6 is 0 Å². The molecule has 2 aromatic heterocycles. The van der Waals surface area contributed by atoms with E-state index in [0.717, 1.165) is 12.1 Å². The summed E-state index contributed by atoms with van der Waals surface area (Å²) in [5.41, 5.74) is 12.8. The minimum Gasteiger partial charge on any atom is -0.383 e. The molecule has 4 N–H and O–H groups in total. The van der Waals surface area contributed by atoms with Crippen LogP contribution in [0.4, 0.5) is 19.0 Å². The van der Waals surface area contributed by atoms with Crippen LogP contribution in [-0.2, 0) is 17.5 Å². The fourth-order valence-corrected chi connectivity index (χ4v) is 4.55. The largest absolute Gasteiger partial charge is 0.416 e. The number of nitrogens with zero attached hydrogens (tertiary/aromatic N) is 5. The molecule has 12 heteroatoms. The Balaban J connectivity index is 1.59. The van der Waals surface area contributed by atoms with Gasteiger partial charge in [-0.15, -0.1) is 0 Å². The molecule has 0 aliphatic carbocycles. The minimum atomic E-state index is -4.45. The molecule has 0 saturated carbocycles. The van der Waals surface area contributed by atoms with Crippen molar-refractivity contribution in [2.75, 3.05) is 18.8 Å². The molecule has 0 bridgehead atoms. The molecule has 3 heterocycles. The van der Waals surface area contributed by atoms with Crippen molar-refractivity contribution in [2.24, 2.45) is 5.73 Å². The molecule has 1 aliphatic heterocycles. The van der Waals surface area contributed by atoms with Gasteiger partial charge in [-0.05, 0) is 50.3 Å². The summed E-state index contributed by atoms with van der Waals surface area (Å²) >= 11 is 0. The number of amides is 2. The number of nitrogens with two attached hydrogens (primary N) is 2. The highest BCUT2D eigenvalue weighted by molar-refractivity contribution is 6.03. The van der Waals surface area contributed by atoms with Crippen LogP contribution in [0.1, 0.15) is 52.9 Å². The second-order valence-electron chi connectivity index (χ2n) is 8.95. The van der Waals surface area contributed by atoms with Gasteiger partial charge in [0.2, 0.25) is 0 Å². The third kappa shape index (κ3) is 5.45. The molecule has 0 atom stereocenters. The number of aryl methyl sites for hydroxylation is 1. The van der Waals surface area contributed by atoms with Gasteiger partial charge in [0.25, 0.3) is 11.8 Å². The first kappa shape index (κ1) is 25.8. The van der Waals surface area contributed by atoms with Crippen LogP contribution < -0.4 is 11.5 Å². The first-order chi connectivity index (χ1) is 17.5. The monoisotopic (exact) mass is 513 g/mol. The van der Waals surface area contributed by atoms with Gasteiger partial charge in [-0.25, -0.2) is 4.68 Å². The van der Waals surface area contributed by atoms with E-state index in [-0.39, 0.29) is 35.6 Å². The number of carbonyl (C=O) groups is 2. The van der Waals surface area contributed by atoms with Crippen LogP contribution in [0.3, 0.4) is 0 Å². The van der Waals surface area contributed by atoms with Crippen molar-refractivity contribution in [3.63, 3.8) is 0 Å². The van der Waals surface area contributed by atoms with Crippen LogP contribution in [0.5, 0.6) is 0 Å². The average Bonchev–Trinajstić information content (AvgIpc) is 3.42. The van der Waals surface area contributed by atoms with Gasteiger partial charge in [-0.2, -0.15) is 23.4 Å². The highest BCUT2D eigenvalue weighted by atomic mass is 19.4. The summed E-state index contributed by atoms with van der Waals surface area (Å²) in [5, 5.41) is 8.81. The van der Waals surface area contributed by atoms with E-state index in [4.69, 9.17) is 11.5 Å². The Morgan fingerprint density at radius 1 is 1.19 bits per heavy atom. The molecular weight excluding hydrogens is 487 g/mol. The summed E-state index contributed by atoms with van der Waals surface area (Å²) in [4.78, 5) is 26.0. The Morgan fingerprint density at radius 3 is 2.51 bits per heavy atom. The molecule has 1 fully saturated rings. The maximum absolute atomic E-state index is 13.2. The van der Waals surface area contributed by atoms with Crippen LogP contribution in [-0.4, -0.2) is 49.4 Å². The Morgan fingerprint density at radius 2 is 1.89 bits per heavy atom. The molecule has 1 aromatic carbocycles. The molecule has 4 rings (SSSR count). The van der Waals surface area contributed by atoms with Crippen molar-refractivity contribution in [1.82, 2.24) is 24.5 Å². The number of hydrogen-bond acceptors (Lipinski definition) is 5. The average molecular weight is 514 g/mol. The second kappa shape index (κ2) is 10.0. The number of carbonyl (C=O) groups excluding carboxylic acids is 2. The number of anilines is 1. The maximum Gasteiger partial charge on any atom is 0.416 e. The molecule has 1 saturated heterocycles. The Bertz CT molecular complexity index is 1400. The maximum atomic E-state index is 13.2. The van der Waals surface area contributed by atoms with Crippen LogP contribution in [0.25, 0.3) is 11.3 Å². The number of halogens is 3. The lowest BCUT2D eigenvalue weighted by atomic mass is 10.0. The number of alkyl halides is 3. The SMILES string of the molecule is CC#CC(=O)N1CCC(n2nc(-c3cnn(Cc4cc(C)cc(C(F)(F)F)c4)c3)c(C(N)=O)c2N)CC1. The van der Waals surface area contributed by atoms with Gasteiger partial charge in [0.1, 0.15) is 17.1 Å². The standard InChI is InChI=1S/C25H26F3N7O2/c1-3-4-20(36)33-7-5-19(6-8-33)35-23(29)21(24(30)37)22(32-35)17-12-31-34(14-17)13-16-9-15(2)10-18(11-16)25(26,27)28/h9-12,14,19H,5-8,13,29H2,1-2H3,(H2,30,37). The lowest BCUT2D eigenvalue weighted by molar-refractivity contribution is -0.137. The van der Waals surface area contributed by atoms with Gasteiger partial charge in [-0.1, -0.05) is 17.6 Å². The topological polar surface area (TPSA) is 125 Å². The molecule has 2 amide bonds. The molecular formula is C25H26F3N7O2. The van der Waals surface area contributed by atoms with Crippen molar-refractivity contribution in [3.05, 3.63) is 52.8 Å². The van der Waals surface area contributed by atoms with Gasteiger partial charge in [-0.3, -0.25) is 14.3 Å². The minimum absolute atomic E-state index is 0.0461. The molecule has 1 aliphatic rings. The summed E-state index contributed by atoms with van der Waals surface area (Å²) in [6.45, 7) is 4.21. The van der Waals surface area contributed by atoms with E-state index in [1.54, 1.807) is 35.7 Å². The van der Waals surface area contributed by atoms with Gasteiger partial charge in [0.15, 0.2) is 0 Å². The number of rotatable bonds is 5. The fourth-order valence-electron chi connectivity index (χ4n) is 4.55. The van der Waals surface area contributed by atoms with Gasteiger partial charge >= 0.3 is 6.18 Å². The quantitative estimate of drug-likeness (QED) is 0.508. The predicted octanol–water partition coefficient (Wildman–Crippen LogP) is 2.99. The van der Waals surface area contributed by atoms with E-state index < -0.39 is 17.6 Å². The lowest BCUT2D eigenvalue weighted by Crippen LogP contribution is -2.38. The molecule has 9 nitrogen and oxygen atoms in total. The number of hydrogen-bond donors (Lipinski definition) is 2. The zero-order valence-electron chi connectivity index (χ0n) is 20.3. The van der Waals surface area contributed by atoms with Crippen molar-refractivity contribution < 1.29 is 22.8 Å². The van der Waals surface area contributed by atoms with E-state index in [2.05, 4.69) is 22.0 Å². The molecule has 194 valence electrons. The van der Waals surface area contributed by atoms with Crippen LogP contribution in [0.2, 0.25) is 0 Å². The molecule has 0 spiro atoms. The first-order valence-electron chi connectivity index (χ1n) is 11.6. The highest BCUT2D eigenvalue weighted by Gasteiger charge is 2.31. The van der Waals surface area contributed by atoms with E-state index >= 15 is 0 Å². The zero-order valence-corrected chi connectivity index (χ0v) is 20.3. The van der Waals surface area contributed by atoms with Crippen molar-refractivity contribution in [1.29, 1.82) is 0 Å². The highest BCUT2D eigenvalue weighted by Crippen LogP contribution is 2.33. The van der Waals surface area contributed by atoms with Crippen LogP contribution in [0.15, 0.2) is 30.6 Å². The smallest absolute Gasteiger partial charge is 0.383 e. The van der Waals surface area contributed by atoms with E-state index in [9.17, 15) is 22.8 Å². The van der Waals surface area contributed by atoms with Gasteiger partial charge in [0, 0.05) is 24.8 Å². The number of piperidine rings is 1. The zero-order chi connectivity index (χ0) is 26.9. The number of nitrogen functional groups attached to an aromatic ring is 1. The van der Waals surface area contributed by atoms with Crippen molar-refractivity contribution in [3.8, 4) is 23.1 Å².